The van der Waals surface area contributed by atoms with Gasteiger partial charge in [0.05, 0.1) is 26.2 Å². The molecule has 2 rings (SSSR count). The van der Waals surface area contributed by atoms with Crippen LogP contribution in [-0.4, -0.2) is 48.4 Å². The van der Waals surface area contributed by atoms with Crippen LogP contribution in [0.4, 0.5) is 5.95 Å². The van der Waals surface area contributed by atoms with Gasteiger partial charge in [0.1, 0.15) is 0 Å². The van der Waals surface area contributed by atoms with Gasteiger partial charge in [0.2, 0.25) is 17.7 Å². The molecule has 0 amide bonds. The zero-order valence-electron chi connectivity index (χ0n) is 9.58. The summed E-state index contributed by atoms with van der Waals surface area (Å²) in [7, 11) is 3.00. The molecular formula is C10H13N3O4. The van der Waals surface area contributed by atoms with Crippen LogP contribution in [0.2, 0.25) is 0 Å². The first-order chi connectivity index (χ1) is 8.13. The van der Waals surface area contributed by atoms with E-state index in [4.69, 9.17) is 14.6 Å². The van der Waals surface area contributed by atoms with E-state index in [1.165, 1.54) is 14.2 Å². The van der Waals surface area contributed by atoms with Gasteiger partial charge in [-0.1, -0.05) is 0 Å². The van der Waals surface area contributed by atoms with Crippen LogP contribution in [0, 0.1) is 5.92 Å². The number of anilines is 1. The van der Waals surface area contributed by atoms with E-state index < -0.39 is 5.97 Å². The van der Waals surface area contributed by atoms with E-state index >= 15 is 0 Å². The van der Waals surface area contributed by atoms with E-state index in [0.717, 1.165) is 0 Å². The van der Waals surface area contributed by atoms with E-state index in [1.54, 1.807) is 11.0 Å². The van der Waals surface area contributed by atoms with Crippen molar-refractivity contribution in [1.82, 2.24) is 9.97 Å². The highest BCUT2D eigenvalue weighted by Gasteiger charge is 2.34. The molecule has 2 heterocycles. The fourth-order valence-electron chi connectivity index (χ4n) is 1.54. The van der Waals surface area contributed by atoms with Gasteiger partial charge in [0.25, 0.3) is 0 Å². The van der Waals surface area contributed by atoms with Crippen LogP contribution < -0.4 is 14.4 Å². The summed E-state index contributed by atoms with van der Waals surface area (Å²) in [5.41, 5.74) is 0. The lowest BCUT2D eigenvalue weighted by molar-refractivity contribution is -0.142. The number of aliphatic carboxylic acids is 1. The largest absolute Gasteiger partial charge is 0.481 e. The quantitative estimate of drug-likeness (QED) is 0.792. The van der Waals surface area contributed by atoms with E-state index in [2.05, 4.69) is 9.97 Å². The van der Waals surface area contributed by atoms with Crippen molar-refractivity contribution in [2.24, 2.45) is 5.92 Å². The monoisotopic (exact) mass is 239 g/mol. The summed E-state index contributed by atoms with van der Waals surface area (Å²) < 4.78 is 10.0. The molecule has 1 aromatic heterocycles. The Morgan fingerprint density at radius 2 is 1.88 bits per heavy atom. The number of rotatable bonds is 4. The molecule has 92 valence electrons. The summed E-state index contributed by atoms with van der Waals surface area (Å²) in [5.74, 6) is 0.0712. The summed E-state index contributed by atoms with van der Waals surface area (Å²) >= 11 is 0. The topological polar surface area (TPSA) is 84.8 Å². The number of hydrogen-bond donors (Lipinski definition) is 1. The van der Waals surface area contributed by atoms with Crippen LogP contribution in [-0.2, 0) is 4.79 Å². The third kappa shape index (κ3) is 2.22. The van der Waals surface area contributed by atoms with Gasteiger partial charge in [-0.15, -0.1) is 0 Å². The molecule has 0 unspecified atom stereocenters. The second-order valence-corrected chi connectivity index (χ2v) is 3.69. The second-order valence-electron chi connectivity index (χ2n) is 3.69. The lowest BCUT2D eigenvalue weighted by atomic mass is 10.0. The molecule has 0 aliphatic carbocycles. The number of nitrogens with zero attached hydrogens (tertiary/aromatic N) is 3. The maximum atomic E-state index is 10.7. The highest BCUT2D eigenvalue weighted by Crippen LogP contribution is 2.25. The van der Waals surface area contributed by atoms with Crippen molar-refractivity contribution in [3.05, 3.63) is 6.07 Å². The van der Waals surface area contributed by atoms with Gasteiger partial charge in [-0.25, -0.2) is 0 Å². The average molecular weight is 239 g/mol. The van der Waals surface area contributed by atoms with Crippen LogP contribution in [0.1, 0.15) is 0 Å². The smallest absolute Gasteiger partial charge is 0.310 e. The first kappa shape index (κ1) is 11.4. The second kappa shape index (κ2) is 4.44. The molecule has 1 aliphatic rings. The van der Waals surface area contributed by atoms with Gasteiger partial charge in [-0.2, -0.15) is 9.97 Å². The molecule has 7 heteroatoms. The number of methoxy groups -OCH3 is 2. The first-order valence-electron chi connectivity index (χ1n) is 5.09. The van der Waals surface area contributed by atoms with Crippen molar-refractivity contribution in [2.75, 3.05) is 32.2 Å². The number of carboxylic acids is 1. The molecule has 1 N–H and O–H groups in total. The molecule has 17 heavy (non-hydrogen) atoms. The van der Waals surface area contributed by atoms with E-state index in [1.807, 2.05) is 0 Å². The third-order valence-electron chi connectivity index (χ3n) is 2.60. The Kier molecular flexibility index (Phi) is 2.99. The third-order valence-corrected chi connectivity index (χ3v) is 2.60. The standard InChI is InChI=1S/C10H13N3O4/c1-16-7-3-8(17-2)12-10(11-7)13-4-6(5-13)9(14)15/h3,6H,4-5H2,1-2H3,(H,14,15). The number of aromatic nitrogens is 2. The summed E-state index contributed by atoms with van der Waals surface area (Å²) in [6.45, 7) is 0.817. The lowest BCUT2D eigenvalue weighted by Gasteiger charge is -2.36. The molecule has 1 fully saturated rings. The normalized spacial score (nSPS) is 15.3. The summed E-state index contributed by atoms with van der Waals surface area (Å²) in [5, 5.41) is 8.78. The maximum absolute atomic E-state index is 10.7. The Morgan fingerprint density at radius 1 is 1.35 bits per heavy atom. The summed E-state index contributed by atoms with van der Waals surface area (Å²) in [6, 6.07) is 1.57. The summed E-state index contributed by atoms with van der Waals surface area (Å²) in [4.78, 5) is 20.7. The summed E-state index contributed by atoms with van der Waals surface area (Å²) in [6.07, 6.45) is 0. The Morgan fingerprint density at radius 3 is 2.29 bits per heavy atom. The zero-order valence-corrected chi connectivity index (χ0v) is 9.58. The van der Waals surface area contributed by atoms with Gasteiger partial charge >= 0.3 is 5.97 Å². The fourth-order valence-corrected chi connectivity index (χ4v) is 1.54. The molecular weight excluding hydrogens is 226 g/mol. The van der Waals surface area contributed by atoms with Crippen molar-refractivity contribution in [2.45, 2.75) is 0 Å². The Hall–Kier alpha value is -2.05. The van der Waals surface area contributed by atoms with Crippen LogP contribution >= 0.6 is 0 Å². The number of carbonyl (C=O) groups is 1. The Balaban J connectivity index is 2.14. The van der Waals surface area contributed by atoms with Gasteiger partial charge in [-0.3, -0.25) is 4.79 Å². The van der Waals surface area contributed by atoms with Crippen molar-refractivity contribution >= 4 is 11.9 Å². The minimum atomic E-state index is -0.795. The molecule has 0 aromatic carbocycles. The van der Waals surface area contributed by atoms with Crippen LogP contribution in [0.3, 0.4) is 0 Å². The zero-order chi connectivity index (χ0) is 12.4. The lowest BCUT2D eigenvalue weighted by Crippen LogP contribution is -2.51. The minimum absolute atomic E-state index is 0.351. The maximum Gasteiger partial charge on any atom is 0.310 e. The number of ether oxygens (including phenoxy) is 2. The first-order valence-corrected chi connectivity index (χ1v) is 5.09. The number of carboxylic acid groups (broad SMARTS) is 1. The molecule has 0 saturated carbocycles. The Bertz CT molecular complexity index is 409. The van der Waals surface area contributed by atoms with Gasteiger partial charge in [0.15, 0.2) is 0 Å². The van der Waals surface area contributed by atoms with Crippen molar-refractivity contribution in [1.29, 1.82) is 0 Å². The number of hydrogen-bond acceptors (Lipinski definition) is 6. The predicted octanol–water partition coefficient (Wildman–Crippen LogP) is 0.0146. The highest BCUT2D eigenvalue weighted by atomic mass is 16.5. The average Bonchev–Trinajstić information content (AvgIpc) is 2.26. The van der Waals surface area contributed by atoms with Gasteiger partial charge in [-0.05, 0) is 0 Å². The molecule has 0 bridgehead atoms. The highest BCUT2D eigenvalue weighted by molar-refractivity contribution is 5.73. The molecule has 1 aliphatic heterocycles. The van der Waals surface area contributed by atoms with E-state index in [-0.39, 0.29) is 5.92 Å². The molecule has 0 spiro atoms. The van der Waals surface area contributed by atoms with Crippen LogP contribution in [0.15, 0.2) is 6.07 Å². The van der Waals surface area contributed by atoms with Crippen molar-refractivity contribution in [3.8, 4) is 11.8 Å². The van der Waals surface area contributed by atoms with Crippen molar-refractivity contribution in [3.63, 3.8) is 0 Å². The van der Waals surface area contributed by atoms with E-state index in [0.29, 0.717) is 30.8 Å². The molecule has 0 atom stereocenters. The van der Waals surface area contributed by atoms with E-state index in [9.17, 15) is 4.79 Å². The molecule has 7 nitrogen and oxygen atoms in total. The van der Waals surface area contributed by atoms with Crippen molar-refractivity contribution < 1.29 is 19.4 Å². The molecule has 1 aromatic rings. The van der Waals surface area contributed by atoms with Crippen LogP contribution in [0.25, 0.3) is 0 Å². The molecule has 1 saturated heterocycles. The van der Waals surface area contributed by atoms with Gasteiger partial charge in [0, 0.05) is 13.1 Å². The van der Waals surface area contributed by atoms with Crippen LogP contribution in [0.5, 0.6) is 11.8 Å². The minimum Gasteiger partial charge on any atom is -0.481 e. The Labute approximate surface area is 98.0 Å². The molecule has 0 radical (unpaired) electrons. The predicted molar refractivity (Wildman–Crippen MR) is 58.5 cm³/mol. The SMILES string of the molecule is COc1cc(OC)nc(N2CC(C(=O)O)C2)n1. The van der Waals surface area contributed by atoms with Gasteiger partial charge < -0.3 is 19.5 Å². The fraction of sp³-hybridized carbons (Fsp3) is 0.500.